The number of fused-ring (bicyclic) bond motifs is 2. The number of hydrogen-bond acceptors (Lipinski definition) is 1. The minimum absolute atomic E-state index is 0.0982. The first-order valence-corrected chi connectivity index (χ1v) is 7.61. The van der Waals surface area contributed by atoms with Crippen molar-refractivity contribution in [2.45, 2.75) is 33.1 Å². The molecule has 2 aromatic carbocycles. The number of halogens is 1. The highest BCUT2D eigenvalue weighted by molar-refractivity contribution is 6.02. The van der Waals surface area contributed by atoms with Gasteiger partial charge in [0.1, 0.15) is 5.82 Å². The Morgan fingerprint density at radius 1 is 1.05 bits per heavy atom. The van der Waals surface area contributed by atoms with E-state index >= 15 is 4.39 Å². The first kappa shape index (κ1) is 13.4. The molecule has 2 heteroatoms. The third-order valence-electron chi connectivity index (χ3n) is 4.97. The molecule has 1 aliphatic rings. The van der Waals surface area contributed by atoms with Crippen LogP contribution in [0.2, 0.25) is 0 Å². The zero-order valence-corrected chi connectivity index (χ0v) is 13.3. The van der Waals surface area contributed by atoms with Crippen LogP contribution in [0, 0.1) is 19.7 Å². The molecule has 0 saturated heterocycles. The molecule has 1 aliphatic carbocycles. The Bertz CT molecular complexity index is 933. The van der Waals surface area contributed by atoms with E-state index in [2.05, 4.69) is 44.0 Å². The van der Waals surface area contributed by atoms with Crippen molar-refractivity contribution in [3.63, 3.8) is 0 Å². The van der Waals surface area contributed by atoms with Gasteiger partial charge in [0.05, 0.1) is 5.69 Å². The Labute approximate surface area is 129 Å². The molecule has 0 N–H and O–H groups in total. The van der Waals surface area contributed by atoms with Crippen LogP contribution in [-0.4, -0.2) is 4.98 Å². The lowest BCUT2D eigenvalue weighted by Gasteiger charge is -2.36. The third-order valence-corrected chi connectivity index (χ3v) is 4.97. The summed E-state index contributed by atoms with van der Waals surface area (Å²) in [5, 5.41) is 2.33. The predicted octanol–water partition coefficient (Wildman–Crippen LogP) is 5.30. The lowest BCUT2D eigenvalue weighted by Crippen LogP contribution is -2.26. The number of benzene rings is 2. The highest BCUT2D eigenvalue weighted by atomic mass is 19.1. The van der Waals surface area contributed by atoms with Crippen LogP contribution >= 0.6 is 0 Å². The van der Waals surface area contributed by atoms with Gasteiger partial charge in [-0.2, -0.15) is 0 Å². The van der Waals surface area contributed by atoms with E-state index in [0.717, 1.165) is 33.3 Å². The monoisotopic (exact) mass is 291 g/mol. The molecule has 110 valence electrons. The van der Waals surface area contributed by atoms with Gasteiger partial charge in [0.15, 0.2) is 0 Å². The normalized spacial score (nSPS) is 15.0. The van der Waals surface area contributed by atoms with E-state index in [1.807, 2.05) is 25.3 Å². The van der Waals surface area contributed by atoms with Crippen molar-refractivity contribution in [2.24, 2.45) is 0 Å². The van der Waals surface area contributed by atoms with E-state index in [1.54, 1.807) is 0 Å². The molecular formula is C20H18FN. The molecule has 0 spiro atoms. The van der Waals surface area contributed by atoms with Gasteiger partial charge in [-0.3, -0.25) is 4.98 Å². The van der Waals surface area contributed by atoms with Gasteiger partial charge in [-0.1, -0.05) is 38.1 Å². The Kier molecular flexibility index (Phi) is 2.54. The van der Waals surface area contributed by atoms with E-state index in [9.17, 15) is 0 Å². The molecule has 4 rings (SSSR count). The lowest BCUT2D eigenvalue weighted by molar-refractivity contribution is 0.543. The van der Waals surface area contributed by atoms with Crippen molar-refractivity contribution in [1.82, 2.24) is 4.98 Å². The highest BCUT2D eigenvalue weighted by Crippen LogP contribution is 2.50. The van der Waals surface area contributed by atoms with Crippen molar-refractivity contribution in [2.75, 3.05) is 0 Å². The van der Waals surface area contributed by atoms with Crippen LogP contribution in [0.3, 0.4) is 0 Å². The Balaban J connectivity index is 2.31. The standard InChI is InChI=1S/C20H18FN/c1-11-10-12(2)18(21)17-15(11)19-16-13(8-9-22-19)6-5-7-14(16)20(17,3)4/h5-10H,1-4H3. The third kappa shape index (κ3) is 1.50. The van der Waals surface area contributed by atoms with E-state index in [4.69, 9.17) is 0 Å². The number of pyridine rings is 1. The first-order chi connectivity index (χ1) is 10.4. The van der Waals surface area contributed by atoms with Crippen molar-refractivity contribution >= 4 is 10.8 Å². The average molecular weight is 291 g/mol. The summed E-state index contributed by atoms with van der Waals surface area (Å²) in [5.74, 6) is -0.0982. The quantitative estimate of drug-likeness (QED) is 0.548. The fourth-order valence-corrected chi connectivity index (χ4v) is 3.93. The summed E-state index contributed by atoms with van der Waals surface area (Å²) >= 11 is 0. The molecule has 1 heterocycles. The second-order valence-corrected chi connectivity index (χ2v) is 6.76. The smallest absolute Gasteiger partial charge is 0.130 e. The summed E-state index contributed by atoms with van der Waals surface area (Å²) in [7, 11) is 0. The zero-order chi connectivity index (χ0) is 15.6. The second kappa shape index (κ2) is 4.16. The minimum Gasteiger partial charge on any atom is -0.256 e. The maximum atomic E-state index is 15.0. The maximum Gasteiger partial charge on any atom is 0.130 e. The van der Waals surface area contributed by atoms with E-state index in [-0.39, 0.29) is 11.2 Å². The van der Waals surface area contributed by atoms with Crippen LogP contribution in [0.5, 0.6) is 0 Å². The van der Waals surface area contributed by atoms with E-state index in [0.29, 0.717) is 5.56 Å². The summed E-state index contributed by atoms with van der Waals surface area (Å²) in [6.07, 6.45) is 1.82. The fraction of sp³-hybridized carbons (Fsp3) is 0.250. The number of nitrogens with zero attached hydrogens (tertiary/aromatic N) is 1. The molecule has 0 fully saturated rings. The molecule has 0 aliphatic heterocycles. The van der Waals surface area contributed by atoms with Crippen molar-refractivity contribution in [1.29, 1.82) is 0 Å². The van der Waals surface area contributed by atoms with Crippen LogP contribution in [-0.2, 0) is 5.41 Å². The minimum atomic E-state index is -0.369. The van der Waals surface area contributed by atoms with Crippen molar-refractivity contribution in [3.8, 4) is 11.3 Å². The summed E-state index contributed by atoms with van der Waals surface area (Å²) in [4.78, 5) is 4.61. The van der Waals surface area contributed by atoms with Gasteiger partial charge in [-0.25, -0.2) is 4.39 Å². The number of aromatic nitrogens is 1. The van der Waals surface area contributed by atoms with Crippen LogP contribution in [0.1, 0.15) is 36.1 Å². The summed E-state index contributed by atoms with van der Waals surface area (Å²) in [6.45, 7) is 8.11. The molecule has 3 aromatic rings. The van der Waals surface area contributed by atoms with Gasteiger partial charge < -0.3 is 0 Å². The maximum absolute atomic E-state index is 15.0. The number of aryl methyl sites for hydroxylation is 2. The van der Waals surface area contributed by atoms with Crippen molar-refractivity contribution in [3.05, 3.63) is 64.6 Å². The Morgan fingerprint density at radius 2 is 1.82 bits per heavy atom. The first-order valence-electron chi connectivity index (χ1n) is 7.61. The topological polar surface area (TPSA) is 12.9 Å². The van der Waals surface area contributed by atoms with Gasteiger partial charge >= 0.3 is 0 Å². The van der Waals surface area contributed by atoms with Crippen LogP contribution < -0.4 is 0 Å². The summed E-state index contributed by atoms with van der Waals surface area (Å²) < 4.78 is 15.0. The van der Waals surface area contributed by atoms with Gasteiger partial charge in [-0.15, -0.1) is 0 Å². The lowest BCUT2D eigenvalue weighted by atomic mass is 9.68. The number of rotatable bonds is 0. The Hall–Kier alpha value is -2.22. The summed E-state index contributed by atoms with van der Waals surface area (Å²) in [6, 6.07) is 10.2. The molecule has 0 atom stereocenters. The van der Waals surface area contributed by atoms with E-state index in [1.165, 1.54) is 5.39 Å². The van der Waals surface area contributed by atoms with Gasteiger partial charge in [0.25, 0.3) is 0 Å². The largest absolute Gasteiger partial charge is 0.256 e. The highest BCUT2D eigenvalue weighted by Gasteiger charge is 2.37. The molecule has 0 unspecified atom stereocenters. The summed E-state index contributed by atoms with van der Waals surface area (Å²) in [5.41, 5.74) is 5.25. The predicted molar refractivity (Wildman–Crippen MR) is 88.7 cm³/mol. The average Bonchev–Trinajstić information content (AvgIpc) is 2.48. The molecule has 0 bridgehead atoms. The van der Waals surface area contributed by atoms with Crippen LogP contribution in [0.25, 0.3) is 22.0 Å². The van der Waals surface area contributed by atoms with Gasteiger partial charge in [0.2, 0.25) is 0 Å². The molecule has 1 nitrogen and oxygen atoms in total. The molecule has 22 heavy (non-hydrogen) atoms. The van der Waals surface area contributed by atoms with Crippen LogP contribution in [0.15, 0.2) is 36.5 Å². The molecule has 1 aromatic heterocycles. The fourth-order valence-electron chi connectivity index (χ4n) is 3.93. The van der Waals surface area contributed by atoms with Gasteiger partial charge in [-0.05, 0) is 42.0 Å². The van der Waals surface area contributed by atoms with E-state index < -0.39 is 0 Å². The number of hydrogen-bond donors (Lipinski definition) is 0. The van der Waals surface area contributed by atoms with Crippen LogP contribution in [0.4, 0.5) is 4.39 Å². The molecular weight excluding hydrogens is 273 g/mol. The molecule has 0 saturated carbocycles. The van der Waals surface area contributed by atoms with Gasteiger partial charge in [0, 0.05) is 28.1 Å². The zero-order valence-electron chi connectivity index (χ0n) is 13.3. The second-order valence-electron chi connectivity index (χ2n) is 6.76. The Morgan fingerprint density at radius 3 is 2.59 bits per heavy atom. The SMILES string of the molecule is Cc1cc(C)c2c(c1F)C(C)(C)c1cccc3ccnc-2c13. The van der Waals surface area contributed by atoms with Crippen molar-refractivity contribution < 1.29 is 4.39 Å². The molecule has 0 radical (unpaired) electrons. The molecule has 0 amide bonds.